The molecule has 1 aromatic rings. The van der Waals surface area contributed by atoms with Crippen LogP contribution in [0.4, 0.5) is 0 Å². The van der Waals surface area contributed by atoms with Gasteiger partial charge in [-0.1, -0.05) is 53.7 Å². The highest BCUT2D eigenvalue weighted by atomic mass is 16.5. The Morgan fingerprint density at radius 3 is 2.10 bits per heavy atom. The first-order valence-electron chi connectivity index (χ1n) is 11.4. The first-order valence-corrected chi connectivity index (χ1v) is 11.4. The molecule has 0 N–H and O–H groups in total. The fourth-order valence-corrected chi connectivity index (χ4v) is 3.32. The van der Waals surface area contributed by atoms with Crippen LogP contribution in [-0.2, 0) is 30.0 Å². The molecule has 0 radical (unpaired) electrons. The number of ether oxygens (including phenoxy) is 2. The number of carbonyl (C=O) groups is 3. The Labute approximate surface area is 187 Å². The van der Waals surface area contributed by atoms with Crippen molar-refractivity contribution in [1.82, 2.24) is 0 Å². The number of hydrogen-bond acceptors (Lipinski definition) is 5. The molecule has 0 bridgehead atoms. The molecule has 5 nitrogen and oxygen atoms in total. The summed E-state index contributed by atoms with van der Waals surface area (Å²) in [5.41, 5.74) is 2.48. The van der Waals surface area contributed by atoms with Crippen molar-refractivity contribution in [2.75, 3.05) is 13.2 Å². The highest BCUT2D eigenvalue weighted by molar-refractivity contribution is 6.16. The molecule has 174 valence electrons. The monoisotopic (exact) mass is 432 g/mol. The number of rotatable bonds is 13. The van der Waals surface area contributed by atoms with Gasteiger partial charge in [-0.15, -0.1) is 0 Å². The van der Waals surface area contributed by atoms with Crippen LogP contribution in [0.5, 0.6) is 5.75 Å². The lowest BCUT2D eigenvalue weighted by atomic mass is 9.76. The van der Waals surface area contributed by atoms with Crippen molar-refractivity contribution in [3.8, 4) is 5.75 Å². The van der Waals surface area contributed by atoms with Crippen molar-refractivity contribution < 1.29 is 23.9 Å². The maximum absolute atomic E-state index is 12.4. The Bertz CT molecular complexity index is 776. The second-order valence-electron chi connectivity index (χ2n) is 9.40. The van der Waals surface area contributed by atoms with Crippen LogP contribution in [0.25, 0.3) is 0 Å². The third-order valence-electron chi connectivity index (χ3n) is 6.33. The fourth-order valence-electron chi connectivity index (χ4n) is 3.32. The standard InChI is InChI=1S/C26H40O5/c1-9-25(5,6)19-14-15-22(20(17-19)26(7,8)10-2)31-16-12-13-21(28)23(18(4)27)24(29)30-11-3/h14-15,17,23H,9-13,16H2,1-8H3. The summed E-state index contributed by atoms with van der Waals surface area (Å²) in [5.74, 6) is -2.16. The first kappa shape index (κ1) is 26.9. The molecule has 0 saturated heterocycles. The van der Waals surface area contributed by atoms with Gasteiger partial charge in [-0.3, -0.25) is 14.4 Å². The van der Waals surface area contributed by atoms with Crippen molar-refractivity contribution in [2.24, 2.45) is 5.92 Å². The maximum atomic E-state index is 12.4. The lowest BCUT2D eigenvalue weighted by Crippen LogP contribution is -2.32. The van der Waals surface area contributed by atoms with Crippen molar-refractivity contribution in [2.45, 2.75) is 91.9 Å². The van der Waals surface area contributed by atoms with Gasteiger partial charge in [0.2, 0.25) is 0 Å². The molecule has 1 atom stereocenters. The van der Waals surface area contributed by atoms with Gasteiger partial charge in [0.15, 0.2) is 17.5 Å². The zero-order valence-corrected chi connectivity index (χ0v) is 20.6. The van der Waals surface area contributed by atoms with Crippen LogP contribution in [0.3, 0.4) is 0 Å². The van der Waals surface area contributed by atoms with E-state index >= 15 is 0 Å². The first-order chi connectivity index (χ1) is 14.4. The van der Waals surface area contributed by atoms with Crippen LogP contribution in [-0.4, -0.2) is 30.7 Å². The third kappa shape index (κ3) is 7.19. The number of benzene rings is 1. The van der Waals surface area contributed by atoms with Crippen LogP contribution in [0, 0.1) is 5.92 Å². The van der Waals surface area contributed by atoms with Crippen molar-refractivity contribution in [1.29, 1.82) is 0 Å². The average Bonchev–Trinajstić information content (AvgIpc) is 2.71. The van der Waals surface area contributed by atoms with E-state index in [1.165, 1.54) is 12.5 Å². The van der Waals surface area contributed by atoms with Gasteiger partial charge >= 0.3 is 5.97 Å². The van der Waals surface area contributed by atoms with Crippen LogP contribution >= 0.6 is 0 Å². The van der Waals surface area contributed by atoms with E-state index < -0.39 is 23.5 Å². The Morgan fingerprint density at radius 2 is 1.58 bits per heavy atom. The summed E-state index contributed by atoms with van der Waals surface area (Å²) >= 11 is 0. The van der Waals surface area contributed by atoms with Crippen LogP contribution in [0.2, 0.25) is 0 Å². The van der Waals surface area contributed by atoms with E-state index in [-0.39, 0.29) is 23.9 Å². The molecule has 0 amide bonds. The smallest absolute Gasteiger partial charge is 0.324 e. The largest absolute Gasteiger partial charge is 0.493 e. The van der Waals surface area contributed by atoms with Crippen LogP contribution in [0.15, 0.2) is 18.2 Å². The quantitative estimate of drug-likeness (QED) is 0.232. The van der Waals surface area contributed by atoms with Gasteiger partial charge in [0.1, 0.15) is 5.75 Å². The van der Waals surface area contributed by atoms with E-state index in [0.29, 0.717) is 13.0 Å². The molecule has 31 heavy (non-hydrogen) atoms. The molecule has 0 aromatic heterocycles. The van der Waals surface area contributed by atoms with E-state index in [4.69, 9.17) is 9.47 Å². The predicted octanol–water partition coefficient (Wildman–Crippen LogP) is 5.56. The molecule has 0 aliphatic heterocycles. The molecular weight excluding hydrogens is 392 g/mol. The molecular formula is C26H40O5. The van der Waals surface area contributed by atoms with Gasteiger partial charge in [-0.05, 0) is 55.6 Å². The Kier molecular flexibility index (Phi) is 9.92. The molecule has 1 aromatic carbocycles. The number of esters is 1. The minimum absolute atomic E-state index is 0.0470. The van der Waals surface area contributed by atoms with E-state index in [0.717, 1.165) is 24.2 Å². The van der Waals surface area contributed by atoms with Gasteiger partial charge in [-0.2, -0.15) is 0 Å². The van der Waals surface area contributed by atoms with Gasteiger partial charge in [0, 0.05) is 12.0 Å². The molecule has 1 unspecified atom stereocenters. The molecule has 0 saturated carbocycles. The van der Waals surface area contributed by atoms with E-state index in [2.05, 4.69) is 53.7 Å². The van der Waals surface area contributed by atoms with E-state index in [1.807, 2.05) is 6.07 Å². The van der Waals surface area contributed by atoms with Crippen molar-refractivity contribution in [3.63, 3.8) is 0 Å². The van der Waals surface area contributed by atoms with Gasteiger partial charge < -0.3 is 9.47 Å². The maximum Gasteiger partial charge on any atom is 0.324 e. The summed E-state index contributed by atoms with van der Waals surface area (Å²) in [6.45, 7) is 16.6. The summed E-state index contributed by atoms with van der Waals surface area (Å²) in [4.78, 5) is 36.0. The highest BCUT2D eigenvalue weighted by Crippen LogP contribution is 2.38. The highest BCUT2D eigenvalue weighted by Gasteiger charge is 2.32. The Balaban J connectivity index is 2.90. The van der Waals surface area contributed by atoms with Gasteiger partial charge in [0.25, 0.3) is 0 Å². The summed E-state index contributed by atoms with van der Waals surface area (Å²) in [5, 5.41) is 0. The minimum atomic E-state index is -1.33. The summed E-state index contributed by atoms with van der Waals surface area (Å²) in [6.07, 6.45) is 2.53. The van der Waals surface area contributed by atoms with Crippen LogP contribution < -0.4 is 4.74 Å². The molecule has 1 rings (SSSR count). The summed E-state index contributed by atoms with van der Waals surface area (Å²) in [6, 6.07) is 6.39. The Hall–Kier alpha value is -2.17. The van der Waals surface area contributed by atoms with Crippen molar-refractivity contribution in [3.05, 3.63) is 29.3 Å². The predicted molar refractivity (Wildman–Crippen MR) is 124 cm³/mol. The van der Waals surface area contributed by atoms with Gasteiger partial charge in [0.05, 0.1) is 13.2 Å². The minimum Gasteiger partial charge on any atom is -0.493 e. The van der Waals surface area contributed by atoms with Crippen molar-refractivity contribution >= 4 is 17.5 Å². The average molecular weight is 433 g/mol. The molecule has 0 fully saturated rings. The van der Waals surface area contributed by atoms with E-state index in [1.54, 1.807) is 6.92 Å². The van der Waals surface area contributed by atoms with E-state index in [9.17, 15) is 14.4 Å². The second-order valence-corrected chi connectivity index (χ2v) is 9.40. The molecule has 5 heteroatoms. The summed E-state index contributed by atoms with van der Waals surface area (Å²) < 4.78 is 10.9. The fraction of sp³-hybridized carbons (Fsp3) is 0.654. The number of ketones is 2. The molecule has 0 spiro atoms. The lowest BCUT2D eigenvalue weighted by molar-refractivity contribution is -0.154. The SMILES string of the molecule is CCOC(=O)C(C(C)=O)C(=O)CCCOc1ccc(C(C)(C)CC)cc1C(C)(C)CC. The molecule has 0 aliphatic rings. The summed E-state index contributed by atoms with van der Waals surface area (Å²) in [7, 11) is 0. The molecule has 0 heterocycles. The van der Waals surface area contributed by atoms with Crippen LogP contribution in [0.1, 0.15) is 92.2 Å². The third-order valence-corrected chi connectivity index (χ3v) is 6.33. The zero-order chi connectivity index (χ0) is 23.8. The molecule has 0 aliphatic carbocycles. The van der Waals surface area contributed by atoms with Gasteiger partial charge in [-0.25, -0.2) is 0 Å². The Morgan fingerprint density at radius 1 is 0.968 bits per heavy atom. The number of hydrogen-bond donors (Lipinski definition) is 0. The topological polar surface area (TPSA) is 69.7 Å². The second kappa shape index (κ2) is 11.4. The number of carbonyl (C=O) groups excluding carboxylic acids is 3. The number of Topliss-reactive ketones (excluding diaryl/α,β-unsaturated/α-hetero) is 2. The normalized spacial score (nSPS) is 12.9. The lowest BCUT2D eigenvalue weighted by Gasteiger charge is -2.30. The zero-order valence-electron chi connectivity index (χ0n) is 20.6.